The Morgan fingerprint density at radius 2 is 2.20 bits per heavy atom. The number of nitrogens with one attached hydrogen (secondary N) is 1. The lowest BCUT2D eigenvalue weighted by Crippen LogP contribution is -2.39. The van der Waals surface area contributed by atoms with Gasteiger partial charge in [0.2, 0.25) is 11.8 Å². The number of rotatable bonds is 2. The number of pyridine rings is 1. The van der Waals surface area contributed by atoms with Crippen molar-refractivity contribution in [2.24, 2.45) is 0 Å². The number of hydrogen-bond donors (Lipinski definition) is 1. The molecule has 1 amide bonds. The van der Waals surface area contributed by atoms with E-state index in [0.717, 1.165) is 27.9 Å². The van der Waals surface area contributed by atoms with Crippen molar-refractivity contribution in [3.05, 3.63) is 59.0 Å². The highest BCUT2D eigenvalue weighted by Gasteiger charge is 2.33. The lowest BCUT2D eigenvalue weighted by molar-refractivity contribution is -0.130. The molecule has 0 saturated heterocycles. The van der Waals surface area contributed by atoms with Gasteiger partial charge in [-0.05, 0) is 30.2 Å². The molecule has 1 N–H and O–H groups in total. The normalized spacial score (nSPS) is 16.8. The molecule has 1 aliphatic heterocycles. The predicted molar refractivity (Wildman–Crippen MR) is 92.0 cm³/mol. The van der Waals surface area contributed by atoms with Gasteiger partial charge in [-0.25, -0.2) is 9.37 Å². The Labute approximate surface area is 144 Å². The number of benzene rings is 1. The van der Waals surface area contributed by atoms with Crippen LogP contribution in [0.5, 0.6) is 5.88 Å². The summed E-state index contributed by atoms with van der Waals surface area (Å²) in [6, 6.07) is 9.76. The Morgan fingerprint density at radius 3 is 2.92 bits per heavy atom. The number of carbonyl (C=O) groups excluding carboxylic acids is 1. The molecule has 0 aliphatic carbocycles. The first-order chi connectivity index (χ1) is 12.1. The Hall–Kier alpha value is -2.89. The maximum absolute atomic E-state index is 13.8. The molecule has 0 bridgehead atoms. The molecule has 2 aromatic heterocycles. The molecule has 6 heteroatoms. The van der Waals surface area contributed by atoms with Crippen LogP contribution < -0.4 is 4.74 Å². The summed E-state index contributed by atoms with van der Waals surface area (Å²) in [5, 5.41) is 0. The van der Waals surface area contributed by atoms with Gasteiger partial charge in [-0.3, -0.25) is 4.79 Å². The van der Waals surface area contributed by atoms with E-state index in [1.54, 1.807) is 31.1 Å². The second-order valence-corrected chi connectivity index (χ2v) is 6.19. The fourth-order valence-corrected chi connectivity index (χ4v) is 3.60. The zero-order valence-electron chi connectivity index (χ0n) is 14.0. The third-order valence-electron chi connectivity index (χ3n) is 4.72. The minimum Gasteiger partial charge on any atom is -0.481 e. The number of amides is 1. The molecule has 3 heterocycles. The summed E-state index contributed by atoms with van der Waals surface area (Å²) in [6.07, 6.45) is 0.695. The van der Waals surface area contributed by atoms with Crippen molar-refractivity contribution in [2.45, 2.75) is 19.4 Å². The summed E-state index contributed by atoms with van der Waals surface area (Å²) in [5.41, 5.74) is 4.43. The first-order valence-corrected chi connectivity index (χ1v) is 8.16. The number of nitrogens with zero attached hydrogens (tertiary/aromatic N) is 2. The van der Waals surface area contributed by atoms with Crippen LogP contribution in [0.3, 0.4) is 0 Å². The van der Waals surface area contributed by atoms with E-state index in [2.05, 4.69) is 9.97 Å². The maximum Gasteiger partial charge on any atom is 0.220 e. The number of halogens is 1. The first kappa shape index (κ1) is 15.6. The van der Waals surface area contributed by atoms with E-state index >= 15 is 0 Å². The fourth-order valence-electron chi connectivity index (χ4n) is 3.60. The van der Waals surface area contributed by atoms with Crippen LogP contribution in [0.25, 0.3) is 11.0 Å². The molecule has 25 heavy (non-hydrogen) atoms. The lowest BCUT2D eigenvalue weighted by Gasteiger charge is -2.35. The molecule has 3 aromatic rings. The fraction of sp³-hybridized carbons (Fsp3) is 0.263. The van der Waals surface area contributed by atoms with Crippen molar-refractivity contribution in [2.75, 3.05) is 13.7 Å². The number of fused-ring (bicyclic) bond motifs is 3. The van der Waals surface area contributed by atoms with E-state index in [1.807, 2.05) is 12.1 Å². The van der Waals surface area contributed by atoms with Crippen LogP contribution in [0.15, 0.2) is 36.4 Å². The zero-order valence-corrected chi connectivity index (χ0v) is 14.0. The highest BCUT2D eigenvalue weighted by Crippen LogP contribution is 2.38. The van der Waals surface area contributed by atoms with Gasteiger partial charge in [0.25, 0.3) is 0 Å². The molecule has 5 nitrogen and oxygen atoms in total. The number of methoxy groups -OCH3 is 1. The van der Waals surface area contributed by atoms with Crippen molar-refractivity contribution in [3.8, 4) is 5.88 Å². The minimum absolute atomic E-state index is 0.0379. The van der Waals surface area contributed by atoms with Crippen molar-refractivity contribution >= 4 is 16.9 Å². The summed E-state index contributed by atoms with van der Waals surface area (Å²) < 4.78 is 19.0. The summed E-state index contributed by atoms with van der Waals surface area (Å²) in [4.78, 5) is 21.9. The summed E-state index contributed by atoms with van der Waals surface area (Å²) >= 11 is 0. The molecule has 0 saturated carbocycles. The quantitative estimate of drug-likeness (QED) is 0.780. The smallest absolute Gasteiger partial charge is 0.220 e. The van der Waals surface area contributed by atoms with Crippen molar-refractivity contribution in [3.63, 3.8) is 0 Å². The number of H-pyrrole nitrogens is 1. The molecular weight excluding hydrogens is 321 g/mol. The van der Waals surface area contributed by atoms with E-state index < -0.39 is 0 Å². The molecule has 1 aliphatic rings. The average Bonchev–Trinajstić information content (AvgIpc) is 2.98. The minimum atomic E-state index is -0.350. The van der Waals surface area contributed by atoms with E-state index in [9.17, 15) is 9.18 Å². The van der Waals surface area contributed by atoms with Crippen LogP contribution >= 0.6 is 0 Å². The number of carbonyl (C=O) groups is 1. The van der Waals surface area contributed by atoms with Gasteiger partial charge in [-0.2, -0.15) is 0 Å². The van der Waals surface area contributed by atoms with Crippen LogP contribution in [0.1, 0.15) is 29.8 Å². The van der Waals surface area contributed by atoms with Crippen LogP contribution in [0, 0.1) is 5.82 Å². The van der Waals surface area contributed by atoms with Crippen molar-refractivity contribution in [1.29, 1.82) is 0 Å². The van der Waals surface area contributed by atoms with Crippen LogP contribution in [-0.2, 0) is 11.2 Å². The van der Waals surface area contributed by atoms with Gasteiger partial charge < -0.3 is 14.6 Å². The second kappa shape index (κ2) is 5.88. The number of hydrogen-bond acceptors (Lipinski definition) is 3. The van der Waals surface area contributed by atoms with Gasteiger partial charge in [0.15, 0.2) is 0 Å². The molecule has 0 spiro atoms. The molecule has 1 unspecified atom stereocenters. The maximum atomic E-state index is 13.8. The summed E-state index contributed by atoms with van der Waals surface area (Å²) in [5.74, 6) is 0.193. The molecule has 4 rings (SSSR count). The topological polar surface area (TPSA) is 58.2 Å². The van der Waals surface area contributed by atoms with Gasteiger partial charge in [-0.15, -0.1) is 0 Å². The van der Waals surface area contributed by atoms with E-state index in [0.29, 0.717) is 18.8 Å². The molecule has 0 radical (unpaired) electrons. The summed E-state index contributed by atoms with van der Waals surface area (Å²) in [6.45, 7) is 2.11. The average molecular weight is 339 g/mol. The van der Waals surface area contributed by atoms with Gasteiger partial charge in [0.1, 0.15) is 5.82 Å². The first-order valence-electron chi connectivity index (χ1n) is 8.16. The van der Waals surface area contributed by atoms with Crippen molar-refractivity contribution < 1.29 is 13.9 Å². The third-order valence-corrected chi connectivity index (χ3v) is 4.72. The predicted octanol–water partition coefficient (Wildman–Crippen LogP) is 3.20. The second-order valence-electron chi connectivity index (χ2n) is 6.19. The van der Waals surface area contributed by atoms with Gasteiger partial charge in [-0.1, -0.05) is 12.1 Å². The zero-order chi connectivity index (χ0) is 17.6. The SMILES string of the molecule is COc1ccc2[nH]c3c(c2n1)CCN(C(C)=O)C3c1cccc(F)c1. The van der Waals surface area contributed by atoms with Gasteiger partial charge in [0, 0.05) is 30.8 Å². The van der Waals surface area contributed by atoms with Crippen LogP contribution in [-0.4, -0.2) is 34.4 Å². The Balaban J connectivity index is 1.93. The summed E-state index contributed by atoms with van der Waals surface area (Å²) in [7, 11) is 1.58. The molecular formula is C19H18FN3O2. The monoisotopic (exact) mass is 339 g/mol. The van der Waals surface area contributed by atoms with E-state index in [1.165, 1.54) is 12.1 Å². The van der Waals surface area contributed by atoms with E-state index in [-0.39, 0.29) is 17.8 Å². The van der Waals surface area contributed by atoms with Gasteiger partial charge >= 0.3 is 0 Å². The van der Waals surface area contributed by atoms with E-state index in [4.69, 9.17) is 4.74 Å². The van der Waals surface area contributed by atoms with Crippen LogP contribution in [0.4, 0.5) is 4.39 Å². The number of aromatic nitrogens is 2. The molecule has 128 valence electrons. The van der Waals surface area contributed by atoms with Crippen LogP contribution in [0.2, 0.25) is 0 Å². The van der Waals surface area contributed by atoms with Gasteiger partial charge in [0.05, 0.1) is 24.2 Å². The third kappa shape index (κ3) is 2.54. The Morgan fingerprint density at radius 1 is 1.36 bits per heavy atom. The highest BCUT2D eigenvalue weighted by atomic mass is 19.1. The standard InChI is InChI=1S/C19H18FN3O2/c1-11(24)23-9-8-14-17-15(6-7-16(22-17)25-2)21-18(14)19(23)12-4-3-5-13(20)10-12/h3-7,10,19,21H,8-9H2,1-2H3. The Bertz CT molecular complexity index is 966. The highest BCUT2D eigenvalue weighted by molar-refractivity contribution is 5.83. The van der Waals surface area contributed by atoms with Crippen molar-refractivity contribution in [1.82, 2.24) is 14.9 Å². The molecule has 1 aromatic carbocycles. The number of ether oxygens (including phenoxy) is 1. The Kier molecular flexibility index (Phi) is 3.67. The molecule has 0 fully saturated rings. The molecule has 1 atom stereocenters. The number of aromatic amines is 1. The largest absolute Gasteiger partial charge is 0.481 e. The lowest BCUT2D eigenvalue weighted by atomic mass is 9.93.